The van der Waals surface area contributed by atoms with Crippen molar-refractivity contribution in [2.45, 2.75) is 4.90 Å². The summed E-state index contributed by atoms with van der Waals surface area (Å²) in [6, 6.07) is 22.8. The highest BCUT2D eigenvalue weighted by Crippen LogP contribution is 2.28. The van der Waals surface area contributed by atoms with Crippen molar-refractivity contribution in [3.8, 4) is 22.8 Å². The number of ether oxygens (including phenoxy) is 1. The number of rotatable bonds is 11. The Morgan fingerprint density at radius 2 is 1.54 bits per heavy atom. The molecule has 0 aliphatic heterocycles. The molecular weight excluding hydrogens is 506 g/mol. The summed E-state index contributed by atoms with van der Waals surface area (Å²) in [5, 5.41) is 5.06. The molecule has 1 amide bonds. The number of aromatic nitrogens is 1. The molecule has 3 aromatic carbocycles. The van der Waals surface area contributed by atoms with E-state index >= 15 is 0 Å². The van der Waals surface area contributed by atoms with Gasteiger partial charge in [-0.25, -0.2) is 13.4 Å². The second kappa shape index (κ2) is 11.8. The Labute approximate surface area is 220 Å². The van der Waals surface area contributed by atoms with Gasteiger partial charge in [-0.1, -0.05) is 30.4 Å². The first-order valence-corrected chi connectivity index (χ1v) is 13.6. The topological polar surface area (TPSA) is 88.6 Å². The molecule has 0 fully saturated rings. The average molecular weight is 532 g/mol. The number of hydrogen-bond donors (Lipinski definition) is 1. The van der Waals surface area contributed by atoms with Crippen molar-refractivity contribution in [1.29, 1.82) is 0 Å². The molecule has 4 rings (SSSR count). The number of nitrogens with one attached hydrogen (secondary N) is 1. The van der Waals surface area contributed by atoms with Crippen LogP contribution >= 0.6 is 11.3 Å². The van der Waals surface area contributed by atoms with Gasteiger partial charge >= 0.3 is 0 Å². The molecule has 0 bridgehead atoms. The zero-order valence-corrected chi connectivity index (χ0v) is 21.5. The highest BCUT2D eigenvalue weighted by Gasteiger charge is 2.22. The average Bonchev–Trinajstić information content (AvgIpc) is 3.38. The SMILES string of the molecule is C=CCN(CC=C)S(=O)(=O)c1ccc(C(=O)Nc2nc(-c3ccc(Oc4ccccc4)cc3)cs2)cc1. The quantitative estimate of drug-likeness (QED) is 0.232. The zero-order chi connectivity index (χ0) is 26.3. The number of nitrogens with zero attached hydrogens (tertiary/aromatic N) is 2. The minimum absolute atomic E-state index is 0.0870. The predicted octanol–water partition coefficient (Wildman–Crippen LogP) is 6.22. The number of benzene rings is 3. The molecule has 1 heterocycles. The first-order valence-electron chi connectivity index (χ1n) is 11.3. The fourth-order valence-electron chi connectivity index (χ4n) is 3.44. The molecule has 37 heavy (non-hydrogen) atoms. The lowest BCUT2D eigenvalue weighted by molar-refractivity contribution is 0.102. The summed E-state index contributed by atoms with van der Waals surface area (Å²) in [5.74, 6) is 1.08. The molecule has 9 heteroatoms. The molecule has 0 aliphatic carbocycles. The van der Waals surface area contributed by atoms with Crippen LogP contribution in [0.3, 0.4) is 0 Å². The van der Waals surface area contributed by atoms with E-state index in [9.17, 15) is 13.2 Å². The number of anilines is 1. The Bertz CT molecular complexity index is 1470. The minimum Gasteiger partial charge on any atom is -0.457 e. The molecule has 0 spiro atoms. The highest BCUT2D eigenvalue weighted by atomic mass is 32.2. The van der Waals surface area contributed by atoms with Crippen LogP contribution in [0.2, 0.25) is 0 Å². The normalized spacial score (nSPS) is 11.2. The van der Waals surface area contributed by atoms with Crippen molar-refractivity contribution in [3.63, 3.8) is 0 Å². The number of carbonyl (C=O) groups is 1. The van der Waals surface area contributed by atoms with Crippen molar-refractivity contribution in [1.82, 2.24) is 9.29 Å². The summed E-state index contributed by atoms with van der Waals surface area (Å²) in [6.07, 6.45) is 3.02. The van der Waals surface area contributed by atoms with Crippen LogP contribution in [0.4, 0.5) is 5.13 Å². The summed E-state index contributed by atoms with van der Waals surface area (Å²) >= 11 is 1.30. The Morgan fingerprint density at radius 3 is 2.16 bits per heavy atom. The maximum Gasteiger partial charge on any atom is 0.257 e. The van der Waals surface area contributed by atoms with E-state index in [0.29, 0.717) is 16.4 Å². The molecule has 0 saturated heterocycles. The number of carbonyl (C=O) groups excluding carboxylic acids is 1. The van der Waals surface area contributed by atoms with Crippen LogP contribution in [0, 0.1) is 0 Å². The van der Waals surface area contributed by atoms with Gasteiger partial charge in [0.15, 0.2) is 5.13 Å². The lowest BCUT2D eigenvalue weighted by Crippen LogP contribution is -2.31. The molecule has 4 aromatic rings. The number of sulfonamides is 1. The molecule has 0 radical (unpaired) electrons. The van der Waals surface area contributed by atoms with Gasteiger partial charge in [0.2, 0.25) is 10.0 Å². The monoisotopic (exact) mass is 531 g/mol. The lowest BCUT2D eigenvalue weighted by atomic mass is 10.2. The third-order valence-corrected chi connectivity index (χ3v) is 7.88. The van der Waals surface area contributed by atoms with E-state index in [1.165, 1.54) is 52.1 Å². The first kappa shape index (κ1) is 26.0. The molecule has 0 unspecified atom stereocenters. The standard InChI is InChI=1S/C28H25N3O4S2/c1-3-18-31(19-4-2)37(33,34)25-16-12-22(13-17-25)27(32)30-28-29-26(20-36-28)21-10-14-24(15-11-21)35-23-8-6-5-7-9-23/h3-17,20H,1-2,18-19H2,(H,29,30,32). The van der Waals surface area contributed by atoms with Gasteiger partial charge in [0, 0.05) is 29.6 Å². The van der Waals surface area contributed by atoms with E-state index in [-0.39, 0.29) is 23.9 Å². The van der Waals surface area contributed by atoms with Crippen molar-refractivity contribution in [2.24, 2.45) is 0 Å². The third kappa shape index (κ3) is 6.39. The van der Waals surface area contributed by atoms with Gasteiger partial charge in [-0.05, 0) is 60.7 Å². The van der Waals surface area contributed by atoms with E-state index in [0.717, 1.165) is 17.0 Å². The van der Waals surface area contributed by atoms with Crippen LogP contribution in [-0.2, 0) is 10.0 Å². The van der Waals surface area contributed by atoms with Crippen molar-refractivity contribution < 1.29 is 17.9 Å². The molecule has 7 nitrogen and oxygen atoms in total. The molecule has 1 aromatic heterocycles. The molecule has 0 saturated carbocycles. The van der Waals surface area contributed by atoms with Crippen LogP contribution in [0.1, 0.15) is 10.4 Å². The summed E-state index contributed by atoms with van der Waals surface area (Å²) in [6.45, 7) is 7.52. The Hall–Kier alpha value is -4.05. The summed E-state index contributed by atoms with van der Waals surface area (Å²) in [4.78, 5) is 17.3. The van der Waals surface area contributed by atoms with Crippen LogP contribution in [0.25, 0.3) is 11.3 Å². The van der Waals surface area contributed by atoms with Crippen LogP contribution in [0.5, 0.6) is 11.5 Å². The van der Waals surface area contributed by atoms with Gasteiger partial charge in [-0.2, -0.15) is 4.31 Å². The van der Waals surface area contributed by atoms with Gasteiger partial charge in [0.1, 0.15) is 11.5 Å². The molecule has 0 aliphatic rings. The van der Waals surface area contributed by atoms with Crippen molar-refractivity contribution in [3.05, 3.63) is 115 Å². The molecule has 188 valence electrons. The van der Waals surface area contributed by atoms with E-state index in [4.69, 9.17) is 4.74 Å². The fraction of sp³-hybridized carbons (Fsp3) is 0.0714. The fourth-order valence-corrected chi connectivity index (χ4v) is 5.53. The highest BCUT2D eigenvalue weighted by molar-refractivity contribution is 7.89. The van der Waals surface area contributed by atoms with E-state index in [1.807, 2.05) is 60.0 Å². The number of para-hydroxylation sites is 1. The zero-order valence-electron chi connectivity index (χ0n) is 19.9. The van der Waals surface area contributed by atoms with Gasteiger partial charge in [0.25, 0.3) is 5.91 Å². The number of hydrogen-bond acceptors (Lipinski definition) is 6. The van der Waals surface area contributed by atoms with E-state index < -0.39 is 10.0 Å². The minimum atomic E-state index is -3.74. The van der Waals surface area contributed by atoms with Gasteiger partial charge in [-0.15, -0.1) is 24.5 Å². The summed E-state index contributed by atoms with van der Waals surface area (Å²) in [7, 11) is -3.74. The third-order valence-electron chi connectivity index (χ3n) is 5.27. The Kier molecular flexibility index (Phi) is 8.29. The van der Waals surface area contributed by atoms with Crippen LogP contribution in [0.15, 0.2) is 114 Å². The van der Waals surface area contributed by atoms with Crippen molar-refractivity contribution in [2.75, 3.05) is 18.4 Å². The maximum atomic E-state index is 12.8. The largest absolute Gasteiger partial charge is 0.457 e. The Balaban J connectivity index is 1.41. The number of amides is 1. The van der Waals surface area contributed by atoms with Gasteiger partial charge in [0.05, 0.1) is 10.6 Å². The van der Waals surface area contributed by atoms with Gasteiger partial charge in [-0.3, -0.25) is 10.1 Å². The molecular formula is C28H25N3O4S2. The smallest absolute Gasteiger partial charge is 0.257 e. The van der Waals surface area contributed by atoms with Gasteiger partial charge < -0.3 is 4.74 Å². The second-order valence-corrected chi connectivity index (χ2v) is 10.7. The van der Waals surface area contributed by atoms with E-state index in [2.05, 4.69) is 23.5 Å². The Morgan fingerprint density at radius 1 is 0.919 bits per heavy atom. The van der Waals surface area contributed by atoms with Crippen LogP contribution < -0.4 is 10.1 Å². The second-order valence-electron chi connectivity index (χ2n) is 7.86. The summed E-state index contributed by atoms with van der Waals surface area (Å²) in [5.41, 5.74) is 1.92. The summed E-state index contributed by atoms with van der Waals surface area (Å²) < 4.78 is 32.8. The first-order chi connectivity index (χ1) is 17.9. The molecule has 0 atom stereocenters. The number of thiazole rings is 1. The predicted molar refractivity (Wildman–Crippen MR) is 148 cm³/mol. The van der Waals surface area contributed by atoms with E-state index in [1.54, 1.807) is 0 Å². The van der Waals surface area contributed by atoms with Crippen LogP contribution in [-0.4, -0.2) is 36.7 Å². The lowest BCUT2D eigenvalue weighted by Gasteiger charge is -2.19. The van der Waals surface area contributed by atoms with Crippen molar-refractivity contribution >= 4 is 32.4 Å². The maximum absolute atomic E-state index is 12.8. The molecule has 1 N–H and O–H groups in total.